The van der Waals surface area contributed by atoms with Crippen LogP contribution in [0.5, 0.6) is 5.88 Å². The van der Waals surface area contributed by atoms with E-state index in [1.165, 1.54) is 24.5 Å². The zero-order chi connectivity index (χ0) is 28.6. The van der Waals surface area contributed by atoms with Crippen LogP contribution in [0.1, 0.15) is 50.9 Å². The van der Waals surface area contributed by atoms with Crippen molar-refractivity contribution in [3.05, 3.63) is 53.2 Å². The molecule has 0 spiro atoms. The van der Waals surface area contributed by atoms with E-state index in [1.807, 2.05) is 0 Å². The lowest BCUT2D eigenvalue weighted by atomic mass is 9.84. The Morgan fingerprint density at radius 2 is 2.08 bits per heavy atom. The van der Waals surface area contributed by atoms with Crippen molar-refractivity contribution in [3.8, 4) is 18.2 Å². The molecule has 1 aliphatic heterocycles. The van der Waals surface area contributed by atoms with Gasteiger partial charge in [0.1, 0.15) is 21.9 Å². The molecule has 1 aromatic carbocycles. The van der Waals surface area contributed by atoms with Gasteiger partial charge in [0.2, 0.25) is 5.88 Å². The molecule has 0 radical (unpaired) electrons. The summed E-state index contributed by atoms with van der Waals surface area (Å²) in [6.07, 6.45) is 8.06. The molecule has 0 bridgehead atoms. The maximum atomic E-state index is 15.2. The summed E-state index contributed by atoms with van der Waals surface area (Å²) in [6, 6.07) is 3.94. The Kier molecular flexibility index (Phi) is 7.40. The van der Waals surface area contributed by atoms with Crippen molar-refractivity contribution in [2.24, 2.45) is 10.9 Å². The first-order valence-corrected chi connectivity index (χ1v) is 12.7. The molecule has 1 saturated carbocycles. The summed E-state index contributed by atoms with van der Waals surface area (Å²) in [5.41, 5.74) is -1.89. The third kappa shape index (κ3) is 5.88. The van der Waals surface area contributed by atoms with E-state index in [0.29, 0.717) is 0 Å². The average molecular weight is 557 g/mol. The van der Waals surface area contributed by atoms with Gasteiger partial charge in [-0.25, -0.2) is 23.5 Å². The first-order valence-electron chi connectivity index (χ1n) is 11.9. The van der Waals surface area contributed by atoms with Crippen molar-refractivity contribution in [2.45, 2.75) is 50.0 Å². The zero-order valence-electron chi connectivity index (χ0n) is 21.6. The maximum Gasteiger partial charge on any atom is 0.413 e. The number of carboxylic acid groups (broad SMARTS) is 1. The van der Waals surface area contributed by atoms with E-state index in [4.69, 9.17) is 15.9 Å². The van der Waals surface area contributed by atoms with Gasteiger partial charge in [0.25, 0.3) is 0 Å². The minimum absolute atomic E-state index is 0.00292. The van der Waals surface area contributed by atoms with Crippen LogP contribution in [0.4, 0.5) is 13.6 Å². The first kappa shape index (κ1) is 28.0. The molecule has 3 atom stereocenters. The number of aliphatic carboxylic acids is 1. The van der Waals surface area contributed by atoms with Crippen molar-refractivity contribution < 1.29 is 33.0 Å². The number of rotatable bonds is 6. The van der Waals surface area contributed by atoms with Gasteiger partial charge in [-0.05, 0) is 57.9 Å². The summed E-state index contributed by atoms with van der Waals surface area (Å²) in [5, 5.41) is 12.5. The maximum absolute atomic E-state index is 15.2. The highest BCUT2D eigenvalue weighted by molar-refractivity contribution is 8.16. The standard InChI is InChI=1S/C27H26F2N4O5S/c1-6-9-37-21-14-30-19(13-31-21)18(29)11-15-7-8-17(28)16(10-15)26(5)20-12-27(20,22(34)35)39-23(33-26)32-24(36)38-25(2,3)4/h1,7-8,10-11,13-14,20H,9,12H2,2-5H3,(H,34,35)(H,32,33,36)/b18-11-/t20-,26+,27-/m0/s1. The number of carbonyl (C=O) groups excluding carboxylic acids is 1. The molecule has 1 amide bonds. The van der Waals surface area contributed by atoms with Crippen molar-refractivity contribution in [3.63, 3.8) is 0 Å². The molecule has 0 saturated heterocycles. The molecule has 204 valence electrons. The molecule has 2 aliphatic rings. The van der Waals surface area contributed by atoms with Gasteiger partial charge < -0.3 is 14.6 Å². The van der Waals surface area contributed by atoms with E-state index in [1.54, 1.807) is 27.7 Å². The van der Waals surface area contributed by atoms with Gasteiger partial charge in [-0.15, -0.1) is 6.42 Å². The minimum atomic E-state index is -1.37. The third-order valence-electron chi connectivity index (χ3n) is 6.18. The lowest BCUT2D eigenvalue weighted by molar-refractivity contribution is -0.137. The fourth-order valence-corrected chi connectivity index (χ4v) is 5.76. The van der Waals surface area contributed by atoms with Crippen molar-refractivity contribution in [1.82, 2.24) is 15.3 Å². The number of amidine groups is 1. The molecule has 2 aromatic rings. The van der Waals surface area contributed by atoms with Crippen LogP contribution >= 0.6 is 11.8 Å². The number of halogens is 2. The molecule has 39 heavy (non-hydrogen) atoms. The Hall–Kier alpha value is -3.98. The summed E-state index contributed by atoms with van der Waals surface area (Å²) in [4.78, 5) is 37.1. The van der Waals surface area contributed by atoms with Crippen molar-refractivity contribution in [2.75, 3.05) is 6.61 Å². The van der Waals surface area contributed by atoms with Crippen molar-refractivity contribution in [1.29, 1.82) is 0 Å². The van der Waals surface area contributed by atoms with E-state index in [0.717, 1.165) is 23.9 Å². The van der Waals surface area contributed by atoms with Gasteiger partial charge in [0.05, 0.1) is 17.9 Å². The molecule has 1 aliphatic carbocycles. The number of fused-ring (bicyclic) bond motifs is 1. The van der Waals surface area contributed by atoms with Gasteiger partial charge in [0.15, 0.2) is 17.6 Å². The molecular formula is C27H26F2N4O5S. The second-order valence-corrected chi connectivity index (χ2v) is 11.5. The van der Waals surface area contributed by atoms with Gasteiger partial charge in [0, 0.05) is 11.5 Å². The summed E-state index contributed by atoms with van der Waals surface area (Å²) < 4.78 is 39.3. The van der Waals surface area contributed by atoms with Crippen LogP contribution in [0.25, 0.3) is 11.9 Å². The number of nitrogens with zero attached hydrogens (tertiary/aromatic N) is 3. The Morgan fingerprint density at radius 1 is 1.33 bits per heavy atom. The highest BCUT2D eigenvalue weighted by Gasteiger charge is 2.71. The molecule has 4 rings (SSSR count). The van der Waals surface area contributed by atoms with E-state index in [2.05, 4.69) is 26.2 Å². The Balaban J connectivity index is 1.67. The molecule has 1 fully saturated rings. The molecular weight excluding hydrogens is 530 g/mol. The normalized spacial score (nSPS) is 24.1. The number of alkyl carbamates (subject to hydrolysis) is 1. The van der Waals surface area contributed by atoms with Crippen LogP contribution in [0.3, 0.4) is 0 Å². The molecule has 1 aromatic heterocycles. The number of aromatic nitrogens is 2. The lowest BCUT2D eigenvalue weighted by Gasteiger charge is -2.34. The summed E-state index contributed by atoms with van der Waals surface area (Å²) in [5.74, 6) is -0.641. The van der Waals surface area contributed by atoms with Gasteiger partial charge in [-0.1, -0.05) is 23.7 Å². The summed E-state index contributed by atoms with van der Waals surface area (Å²) in [7, 11) is 0. The minimum Gasteiger partial charge on any atom is -0.480 e. The topological polar surface area (TPSA) is 123 Å². The van der Waals surface area contributed by atoms with Crippen LogP contribution in [-0.4, -0.2) is 49.3 Å². The first-order chi connectivity index (χ1) is 18.3. The number of benzene rings is 1. The van der Waals surface area contributed by atoms with Crippen molar-refractivity contribution >= 4 is 40.9 Å². The average Bonchev–Trinajstić information content (AvgIpc) is 3.60. The summed E-state index contributed by atoms with van der Waals surface area (Å²) in [6.45, 7) is 6.64. The largest absolute Gasteiger partial charge is 0.480 e. The van der Waals surface area contributed by atoms with E-state index in [-0.39, 0.29) is 40.9 Å². The Labute approximate surface area is 228 Å². The molecule has 2 N–H and O–H groups in total. The van der Waals surface area contributed by atoms with E-state index in [9.17, 15) is 19.1 Å². The number of hydrogen-bond acceptors (Lipinski definition) is 8. The second kappa shape index (κ2) is 10.3. The number of amides is 1. The second-order valence-electron chi connectivity index (χ2n) is 10.2. The summed E-state index contributed by atoms with van der Waals surface area (Å²) >= 11 is 0.899. The highest BCUT2D eigenvalue weighted by Crippen LogP contribution is 2.66. The number of carboxylic acids is 1. The highest BCUT2D eigenvalue weighted by atomic mass is 32.2. The van der Waals surface area contributed by atoms with E-state index >= 15 is 4.39 Å². The van der Waals surface area contributed by atoms with Crippen LogP contribution in [0.15, 0.2) is 35.6 Å². The number of terminal acetylenes is 1. The molecule has 12 heteroatoms. The molecule has 9 nitrogen and oxygen atoms in total. The monoisotopic (exact) mass is 556 g/mol. The zero-order valence-corrected chi connectivity index (χ0v) is 22.4. The number of hydrogen-bond donors (Lipinski definition) is 2. The number of carbonyl (C=O) groups is 2. The van der Waals surface area contributed by atoms with Crippen LogP contribution < -0.4 is 10.1 Å². The Morgan fingerprint density at radius 3 is 2.69 bits per heavy atom. The molecule has 2 heterocycles. The predicted molar refractivity (Wildman–Crippen MR) is 142 cm³/mol. The Bertz CT molecular complexity index is 1420. The van der Waals surface area contributed by atoms with Gasteiger partial charge in [-0.3, -0.25) is 15.1 Å². The van der Waals surface area contributed by atoms with Crippen LogP contribution in [-0.2, 0) is 15.1 Å². The third-order valence-corrected chi connectivity index (χ3v) is 7.55. The van der Waals surface area contributed by atoms with Crippen LogP contribution in [0, 0.1) is 24.1 Å². The quantitative estimate of drug-likeness (QED) is 0.488. The number of aliphatic imine (C=N–C) groups is 1. The number of nitrogens with one attached hydrogen (secondary N) is 1. The fourth-order valence-electron chi connectivity index (χ4n) is 4.34. The predicted octanol–water partition coefficient (Wildman–Crippen LogP) is 4.78. The SMILES string of the molecule is C#CCOc1cnc(/C(F)=C/c2ccc(F)c([C@@]3(C)N=C(NC(=O)OC(C)(C)C)S[C@@]4(C(=O)O)C[C@H]43)c2)cn1. The van der Waals surface area contributed by atoms with Gasteiger partial charge >= 0.3 is 12.1 Å². The molecule has 0 unspecified atom stereocenters. The van der Waals surface area contributed by atoms with E-state index < -0.39 is 45.5 Å². The number of ether oxygens (including phenoxy) is 2. The lowest BCUT2D eigenvalue weighted by Crippen LogP contribution is -2.43. The fraction of sp³-hybridized carbons (Fsp3) is 0.370. The smallest absolute Gasteiger partial charge is 0.413 e. The number of thioether (sulfide) groups is 1. The van der Waals surface area contributed by atoms with Crippen LogP contribution in [0.2, 0.25) is 0 Å². The van der Waals surface area contributed by atoms with Gasteiger partial charge in [-0.2, -0.15) is 0 Å².